The molecule has 98 valence electrons. The molecular weight excluding hydrogens is 214 g/mol. The van der Waals surface area contributed by atoms with Crippen LogP contribution in [0.2, 0.25) is 0 Å². The predicted octanol–water partition coefficient (Wildman–Crippen LogP) is 1.24. The van der Waals surface area contributed by atoms with Gasteiger partial charge in [-0.25, -0.2) is 0 Å². The molecule has 1 heterocycles. The van der Waals surface area contributed by atoms with Crippen LogP contribution in [0.4, 0.5) is 0 Å². The number of nitrogens with zero attached hydrogens (tertiary/aromatic N) is 2. The molecule has 0 bridgehead atoms. The quantitative estimate of drug-likeness (QED) is 0.726. The Kier molecular flexibility index (Phi) is 7.18. The van der Waals surface area contributed by atoms with E-state index in [0.717, 1.165) is 45.1 Å². The van der Waals surface area contributed by atoms with Gasteiger partial charge >= 0.3 is 0 Å². The fourth-order valence-electron chi connectivity index (χ4n) is 2.38. The molecule has 1 unspecified atom stereocenters. The van der Waals surface area contributed by atoms with Crippen LogP contribution < -0.4 is 5.32 Å². The van der Waals surface area contributed by atoms with Crippen LogP contribution >= 0.6 is 0 Å². The molecule has 0 aromatic heterocycles. The molecule has 17 heavy (non-hydrogen) atoms. The van der Waals surface area contributed by atoms with Crippen LogP contribution in [0, 0.1) is 17.2 Å². The Morgan fingerprint density at radius 1 is 1.47 bits per heavy atom. The van der Waals surface area contributed by atoms with E-state index in [1.165, 1.54) is 12.8 Å². The average molecular weight is 239 g/mol. The zero-order chi connectivity index (χ0) is 12.5. The fraction of sp³-hybridized carbons (Fsp3) is 0.923. The standard InChI is InChI=1S/C13H25N3O/c1-3-15-13(10-14)6-9-16-7-4-12(5-8-16)11-17-2/h12-13,15H,3-9,11H2,1-2H3. The summed E-state index contributed by atoms with van der Waals surface area (Å²) < 4.78 is 5.19. The number of hydrogen-bond donors (Lipinski definition) is 1. The SMILES string of the molecule is CCNC(C#N)CCN1CCC(COC)CC1. The third-order valence-corrected chi connectivity index (χ3v) is 3.45. The zero-order valence-corrected chi connectivity index (χ0v) is 11.1. The molecular formula is C13H25N3O. The van der Waals surface area contributed by atoms with Crippen LogP contribution in [-0.4, -0.2) is 50.8 Å². The monoisotopic (exact) mass is 239 g/mol. The number of likely N-dealkylation sites (tertiary alicyclic amines) is 1. The van der Waals surface area contributed by atoms with Crippen LogP contribution in [0.1, 0.15) is 26.2 Å². The smallest absolute Gasteiger partial charge is 0.0965 e. The summed E-state index contributed by atoms with van der Waals surface area (Å²) >= 11 is 0. The predicted molar refractivity (Wildman–Crippen MR) is 68.7 cm³/mol. The van der Waals surface area contributed by atoms with Crippen LogP contribution in [0.5, 0.6) is 0 Å². The molecule has 1 aliphatic heterocycles. The van der Waals surface area contributed by atoms with Crippen molar-refractivity contribution in [3.8, 4) is 6.07 Å². The van der Waals surface area contributed by atoms with Gasteiger partial charge in [-0.15, -0.1) is 0 Å². The molecule has 1 atom stereocenters. The summed E-state index contributed by atoms with van der Waals surface area (Å²) in [5.41, 5.74) is 0. The van der Waals surface area contributed by atoms with E-state index in [9.17, 15) is 0 Å². The highest BCUT2D eigenvalue weighted by Gasteiger charge is 2.19. The van der Waals surface area contributed by atoms with Crippen molar-refractivity contribution in [3.05, 3.63) is 0 Å². The van der Waals surface area contributed by atoms with E-state index in [-0.39, 0.29) is 6.04 Å². The van der Waals surface area contributed by atoms with Gasteiger partial charge in [0, 0.05) is 20.3 Å². The number of piperidine rings is 1. The van der Waals surface area contributed by atoms with Gasteiger partial charge in [0.05, 0.1) is 12.1 Å². The second kappa shape index (κ2) is 8.46. The fourth-order valence-corrected chi connectivity index (χ4v) is 2.38. The van der Waals surface area contributed by atoms with Crippen molar-refractivity contribution in [2.75, 3.05) is 39.9 Å². The molecule has 4 heteroatoms. The van der Waals surface area contributed by atoms with E-state index in [0.29, 0.717) is 0 Å². The van der Waals surface area contributed by atoms with Crippen LogP contribution in [0.25, 0.3) is 0 Å². The van der Waals surface area contributed by atoms with Gasteiger partial charge in [0.15, 0.2) is 0 Å². The van der Waals surface area contributed by atoms with E-state index in [2.05, 4.69) is 16.3 Å². The van der Waals surface area contributed by atoms with Gasteiger partial charge in [0.25, 0.3) is 0 Å². The number of ether oxygens (including phenoxy) is 1. The molecule has 0 aromatic rings. The summed E-state index contributed by atoms with van der Waals surface area (Å²) in [6.07, 6.45) is 3.39. The Morgan fingerprint density at radius 3 is 2.71 bits per heavy atom. The van der Waals surface area contributed by atoms with E-state index in [4.69, 9.17) is 10.00 Å². The third kappa shape index (κ3) is 5.49. The summed E-state index contributed by atoms with van der Waals surface area (Å²) in [6, 6.07) is 2.32. The number of methoxy groups -OCH3 is 1. The first-order valence-corrected chi connectivity index (χ1v) is 6.64. The summed E-state index contributed by atoms with van der Waals surface area (Å²) in [5.74, 6) is 0.733. The van der Waals surface area contributed by atoms with Crippen molar-refractivity contribution in [3.63, 3.8) is 0 Å². The molecule has 0 aromatic carbocycles. The van der Waals surface area contributed by atoms with Crippen molar-refractivity contribution < 1.29 is 4.74 Å². The number of nitrogens with one attached hydrogen (secondary N) is 1. The van der Waals surface area contributed by atoms with Crippen LogP contribution in [-0.2, 0) is 4.74 Å². The highest BCUT2D eigenvalue weighted by atomic mass is 16.5. The summed E-state index contributed by atoms with van der Waals surface area (Å²) in [5, 5.41) is 12.1. The minimum absolute atomic E-state index is 0.0108. The first-order valence-electron chi connectivity index (χ1n) is 6.64. The van der Waals surface area contributed by atoms with Crippen molar-refractivity contribution in [1.82, 2.24) is 10.2 Å². The van der Waals surface area contributed by atoms with Gasteiger partial charge in [-0.05, 0) is 44.8 Å². The topological polar surface area (TPSA) is 48.3 Å². The Morgan fingerprint density at radius 2 is 2.18 bits per heavy atom. The number of hydrogen-bond acceptors (Lipinski definition) is 4. The van der Waals surface area contributed by atoms with E-state index in [1.54, 1.807) is 7.11 Å². The van der Waals surface area contributed by atoms with Gasteiger partial charge in [0.1, 0.15) is 0 Å². The second-order valence-electron chi connectivity index (χ2n) is 4.77. The van der Waals surface area contributed by atoms with Crippen LogP contribution in [0.3, 0.4) is 0 Å². The minimum atomic E-state index is 0.0108. The lowest BCUT2D eigenvalue weighted by Crippen LogP contribution is -2.38. The molecule has 0 spiro atoms. The summed E-state index contributed by atoms with van der Waals surface area (Å²) in [4.78, 5) is 2.47. The van der Waals surface area contributed by atoms with E-state index >= 15 is 0 Å². The number of rotatable bonds is 7. The summed E-state index contributed by atoms with van der Waals surface area (Å²) in [6.45, 7) is 7.14. The molecule has 1 saturated heterocycles. The molecule has 0 aliphatic carbocycles. The van der Waals surface area contributed by atoms with E-state index < -0.39 is 0 Å². The second-order valence-corrected chi connectivity index (χ2v) is 4.77. The van der Waals surface area contributed by atoms with Crippen LogP contribution in [0.15, 0.2) is 0 Å². The van der Waals surface area contributed by atoms with Gasteiger partial charge in [-0.3, -0.25) is 0 Å². The maximum Gasteiger partial charge on any atom is 0.0965 e. The van der Waals surface area contributed by atoms with E-state index in [1.807, 2.05) is 6.92 Å². The lowest BCUT2D eigenvalue weighted by atomic mass is 9.97. The van der Waals surface area contributed by atoms with Crippen molar-refractivity contribution in [2.24, 2.45) is 5.92 Å². The molecule has 1 rings (SSSR count). The molecule has 0 amide bonds. The molecule has 1 N–H and O–H groups in total. The largest absolute Gasteiger partial charge is 0.384 e. The molecule has 1 fully saturated rings. The van der Waals surface area contributed by atoms with Crippen molar-refractivity contribution in [1.29, 1.82) is 5.26 Å². The Balaban J connectivity index is 2.15. The zero-order valence-electron chi connectivity index (χ0n) is 11.1. The summed E-state index contributed by atoms with van der Waals surface area (Å²) in [7, 11) is 1.78. The third-order valence-electron chi connectivity index (χ3n) is 3.45. The van der Waals surface area contributed by atoms with Crippen molar-refractivity contribution in [2.45, 2.75) is 32.2 Å². The highest BCUT2D eigenvalue weighted by Crippen LogP contribution is 2.17. The lowest BCUT2D eigenvalue weighted by Gasteiger charge is -2.32. The van der Waals surface area contributed by atoms with Gasteiger partial charge in [0.2, 0.25) is 0 Å². The van der Waals surface area contributed by atoms with Gasteiger partial charge < -0.3 is 15.0 Å². The molecule has 0 saturated carbocycles. The Labute approximate surface area is 105 Å². The minimum Gasteiger partial charge on any atom is -0.384 e. The molecule has 4 nitrogen and oxygen atoms in total. The Hall–Kier alpha value is -0.630. The first-order chi connectivity index (χ1) is 8.30. The van der Waals surface area contributed by atoms with Gasteiger partial charge in [-0.2, -0.15) is 5.26 Å². The van der Waals surface area contributed by atoms with Gasteiger partial charge in [-0.1, -0.05) is 6.92 Å². The number of nitriles is 1. The molecule has 1 aliphatic rings. The first kappa shape index (κ1) is 14.4. The van der Waals surface area contributed by atoms with Crippen molar-refractivity contribution >= 4 is 0 Å². The normalized spacial score (nSPS) is 20.1. The lowest BCUT2D eigenvalue weighted by molar-refractivity contribution is 0.0984. The maximum absolute atomic E-state index is 8.95. The maximum atomic E-state index is 8.95. The highest BCUT2D eigenvalue weighted by molar-refractivity contribution is 4.90. The Bertz CT molecular complexity index is 231. The molecule has 0 radical (unpaired) electrons. The average Bonchev–Trinajstić information content (AvgIpc) is 2.36.